The van der Waals surface area contributed by atoms with Crippen LogP contribution in [0.4, 0.5) is 0 Å². The van der Waals surface area contributed by atoms with Gasteiger partial charge in [0.15, 0.2) is 0 Å². The molecule has 0 aromatic heterocycles. The minimum Gasteiger partial charge on any atom is -0.358 e. The Bertz CT molecular complexity index is 248. The van der Waals surface area contributed by atoms with Crippen LogP contribution in [0, 0.1) is 36.8 Å². The summed E-state index contributed by atoms with van der Waals surface area (Å²) >= 11 is 0. The van der Waals surface area contributed by atoms with Gasteiger partial charge >= 0.3 is 21.7 Å². The van der Waals surface area contributed by atoms with Gasteiger partial charge in [-0.1, -0.05) is 48.2 Å². The molecule has 0 saturated heterocycles. The molecule has 1 aliphatic carbocycles. The van der Waals surface area contributed by atoms with Crippen LogP contribution in [0.5, 0.6) is 0 Å². The monoisotopic (exact) mass is 365 g/mol. The molecular weight excluding hydrogens is 326 g/mol. The SMILES string of the molecule is CP[C-]1CC(PC)CC(C(C)(C)C)(C(C)(C)C)C1.[CH3-].[CH3-].[Ti+3]. The molecule has 0 nitrogen and oxygen atoms in total. The molecule has 0 aromatic carbocycles. The molecule has 3 heteroatoms. The van der Waals surface area contributed by atoms with E-state index in [4.69, 9.17) is 0 Å². The molecule has 0 bridgehead atoms. The molecule has 1 radical (unpaired) electrons. The molecule has 1 saturated carbocycles. The van der Waals surface area contributed by atoms with Crippen molar-refractivity contribution in [1.82, 2.24) is 0 Å². The molecule has 1 aliphatic rings. The normalized spacial score (nSPS) is 23.7. The van der Waals surface area contributed by atoms with E-state index in [1.54, 1.807) is 0 Å². The van der Waals surface area contributed by atoms with Crippen molar-refractivity contribution < 1.29 is 21.7 Å². The van der Waals surface area contributed by atoms with Crippen molar-refractivity contribution in [1.29, 1.82) is 0 Å². The molecule has 0 spiro atoms. The number of rotatable bonds is 2. The first kappa shape index (κ1) is 27.4. The maximum atomic E-state index is 2.47. The third-order valence-corrected chi connectivity index (χ3v) is 7.55. The summed E-state index contributed by atoms with van der Waals surface area (Å²) in [5.41, 5.74) is 4.07. The maximum absolute atomic E-state index is 2.47. The van der Waals surface area contributed by atoms with Crippen LogP contribution in [0.1, 0.15) is 60.8 Å². The van der Waals surface area contributed by atoms with Crippen LogP contribution in [0.25, 0.3) is 0 Å². The van der Waals surface area contributed by atoms with Crippen LogP contribution in [0.15, 0.2) is 0 Å². The predicted molar refractivity (Wildman–Crippen MR) is 104 cm³/mol. The van der Waals surface area contributed by atoms with Gasteiger partial charge in [0.2, 0.25) is 0 Å². The molecular formula is C18H39P2Ti. The Morgan fingerprint density at radius 3 is 1.67 bits per heavy atom. The minimum absolute atomic E-state index is 0. The van der Waals surface area contributed by atoms with Crippen LogP contribution >= 0.6 is 17.2 Å². The Kier molecular flexibility index (Phi) is 12.8. The molecule has 3 atom stereocenters. The van der Waals surface area contributed by atoms with Crippen LogP contribution in [0.2, 0.25) is 0 Å². The van der Waals surface area contributed by atoms with E-state index in [-0.39, 0.29) is 36.6 Å². The Hall–Kier alpha value is 1.57. The van der Waals surface area contributed by atoms with Crippen LogP contribution < -0.4 is 0 Å². The average molecular weight is 365 g/mol. The second-order valence-corrected chi connectivity index (χ2v) is 10.6. The van der Waals surface area contributed by atoms with Crippen LogP contribution in [-0.2, 0) is 21.7 Å². The van der Waals surface area contributed by atoms with Gasteiger partial charge in [0.05, 0.1) is 0 Å². The van der Waals surface area contributed by atoms with E-state index in [0.29, 0.717) is 16.2 Å². The molecule has 1 rings (SSSR count). The number of hydrogen-bond donors (Lipinski definition) is 0. The summed E-state index contributed by atoms with van der Waals surface area (Å²) in [5, 5.41) is 0. The summed E-state index contributed by atoms with van der Waals surface area (Å²) in [7, 11) is 2.15. The van der Waals surface area contributed by atoms with Crippen molar-refractivity contribution in [3.8, 4) is 0 Å². The van der Waals surface area contributed by atoms with E-state index in [2.05, 4.69) is 54.9 Å². The Labute approximate surface area is 155 Å². The van der Waals surface area contributed by atoms with Crippen molar-refractivity contribution in [3.05, 3.63) is 20.5 Å². The predicted octanol–water partition coefficient (Wildman–Crippen LogP) is 6.66. The molecule has 0 aliphatic heterocycles. The molecule has 0 heterocycles. The van der Waals surface area contributed by atoms with Gasteiger partial charge in [-0.3, -0.25) is 14.2 Å². The zero-order valence-electron chi connectivity index (χ0n) is 16.2. The van der Waals surface area contributed by atoms with Crippen molar-refractivity contribution >= 4 is 17.2 Å². The average Bonchev–Trinajstić information content (AvgIpc) is 2.25. The van der Waals surface area contributed by atoms with Gasteiger partial charge < -0.3 is 14.9 Å². The van der Waals surface area contributed by atoms with Crippen molar-refractivity contribution in [2.24, 2.45) is 16.2 Å². The molecule has 1 fully saturated rings. The third-order valence-electron chi connectivity index (χ3n) is 5.24. The van der Waals surface area contributed by atoms with Gasteiger partial charge in [0.25, 0.3) is 0 Å². The smallest absolute Gasteiger partial charge is 0.358 e. The largest absolute Gasteiger partial charge is 3.00 e. The summed E-state index contributed by atoms with van der Waals surface area (Å²) in [5.74, 6) is 0. The second kappa shape index (κ2) is 9.77. The van der Waals surface area contributed by atoms with E-state index in [1.165, 1.54) is 19.3 Å². The van der Waals surface area contributed by atoms with Gasteiger partial charge in [-0.25, -0.2) is 0 Å². The fourth-order valence-electron chi connectivity index (χ4n) is 3.96. The first-order chi connectivity index (χ1) is 8.07. The fourth-order valence-corrected chi connectivity index (χ4v) is 6.10. The zero-order valence-corrected chi connectivity index (χ0v) is 19.8. The first-order valence-corrected chi connectivity index (χ1v) is 10.3. The Morgan fingerprint density at radius 2 is 1.38 bits per heavy atom. The van der Waals surface area contributed by atoms with E-state index in [0.717, 1.165) is 22.8 Å². The van der Waals surface area contributed by atoms with Gasteiger partial charge in [-0.15, -0.1) is 8.58 Å². The Balaban J connectivity index is -0.00000108. The molecule has 21 heavy (non-hydrogen) atoms. The van der Waals surface area contributed by atoms with E-state index in [9.17, 15) is 0 Å². The van der Waals surface area contributed by atoms with Gasteiger partial charge in [-0.2, -0.15) is 12.8 Å². The number of hydrogen-bond acceptors (Lipinski definition) is 0. The molecule has 0 N–H and O–H groups in total. The molecule has 0 aromatic rings. The summed E-state index contributed by atoms with van der Waals surface area (Å²) in [6.45, 7) is 19.6. The quantitative estimate of drug-likeness (QED) is 0.291. The van der Waals surface area contributed by atoms with E-state index < -0.39 is 0 Å². The van der Waals surface area contributed by atoms with Gasteiger partial charge in [0, 0.05) is 0 Å². The fraction of sp³-hybridized carbons (Fsp3) is 0.833. The maximum Gasteiger partial charge on any atom is 3.00 e. The molecule has 125 valence electrons. The van der Waals surface area contributed by atoms with Crippen LogP contribution in [0.3, 0.4) is 0 Å². The third kappa shape index (κ3) is 5.85. The second-order valence-electron chi connectivity index (χ2n) is 8.01. The zero-order chi connectivity index (χ0) is 14.2. The summed E-state index contributed by atoms with van der Waals surface area (Å²) in [6.07, 6.45) is 4.22. The summed E-state index contributed by atoms with van der Waals surface area (Å²) in [6, 6.07) is 0. The minimum atomic E-state index is 0. The van der Waals surface area contributed by atoms with Gasteiger partial charge in [0.1, 0.15) is 0 Å². The van der Waals surface area contributed by atoms with Crippen molar-refractivity contribution in [2.45, 2.75) is 66.5 Å². The molecule has 3 unspecified atom stereocenters. The standard InChI is InChI=1S/C16H33P2.2CH3.Ti/c1-14(2,3)16(15(4,5)6)10-12(17-7)9-13(11-16)18-8;;;/h12,17-18H,9-11H2,1-8H3;2*1H3;/q3*-1;+3. The van der Waals surface area contributed by atoms with E-state index in [1.807, 2.05) is 5.66 Å². The Morgan fingerprint density at radius 1 is 0.952 bits per heavy atom. The van der Waals surface area contributed by atoms with Crippen molar-refractivity contribution in [2.75, 3.05) is 13.3 Å². The van der Waals surface area contributed by atoms with E-state index >= 15 is 0 Å². The summed E-state index contributed by atoms with van der Waals surface area (Å²) < 4.78 is 0. The van der Waals surface area contributed by atoms with Crippen molar-refractivity contribution in [3.63, 3.8) is 0 Å². The summed E-state index contributed by atoms with van der Waals surface area (Å²) in [4.78, 5) is 0. The van der Waals surface area contributed by atoms with Crippen LogP contribution in [-0.4, -0.2) is 19.0 Å². The first-order valence-electron chi connectivity index (χ1n) is 7.27. The molecule has 0 amide bonds. The topological polar surface area (TPSA) is 0 Å². The van der Waals surface area contributed by atoms with Gasteiger partial charge in [-0.05, 0) is 35.0 Å².